The molecule has 0 radical (unpaired) electrons. The number of benzene rings is 1. The molecule has 0 aromatic heterocycles. The maximum absolute atomic E-state index is 12.6. The fourth-order valence-corrected chi connectivity index (χ4v) is 3.22. The molecule has 0 bridgehead atoms. The summed E-state index contributed by atoms with van der Waals surface area (Å²) < 4.78 is 0. The van der Waals surface area contributed by atoms with Crippen molar-refractivity contribution in [3.05, 3.63) is 34.9 Å². The van der Waals surface area contributed by atoms with Gasteiger partial charge >= 0.3 is 0 Å². The van der Waals surface area contributed by atoms with Crippen molar-refractivity contribution in [2.24, 2.45) is 5.92 Å². The van der Waals surface area contributed by atoms with Crippen molar-refractivity contribution in [1.29, 1.82) is 0 Å². The third-order valence-corrected chi connectivity index (χ3v) is 4.93. The molecular weight excluding hydrogens is 319 g/mol. The van der Waals surface area contributed by atoms with Gasteiger partial charge in [0, 0.05) is 10.9 Å². The standard InChI is InChI=1S/C17H25ClN2O.ClH/c1-3-17(4-2,14-5-7-15(18)8-6-14)20-16(21)13-9-11-19-12-10-13;/h5-8,13,19H,3-4,9-12H2,1-2H3,(H,20,21);1H. The Balaban J connectivity index is 0.00000242. The Morgan fingerprint density at radius 2 is 1.77 bits per heavy atom. The van der Waals surface area contributed by atoms with Crippen LogP contribution in [0.2, 0.25) is 5.02 Å². The number of piperidine rings is 1. The highest BCUT2D eigenvalue weighted by Crippen LogP contribution is 2.30. The smallest absolute Gasteiger partial charge is 0.223 e. The van der Waals surface area contributed by atoms with Crippen LogP contribution in [0, 0.1) is 5.92 Å². The number of halogens is 2. The van der Waals surface area contributed by atoms with Crippen molar-refractivity contribution < 1.29 is 4.79 Å². The quantitative estimate of drug-likeness (QED) is 0.850. The largest absolute Gasteiger partial charge is 0.346 e. The van der Waals surface area contributed by atoms with E-state index in [1.165, 1.54) is 0 Å². The molecule has 0 unspecified atom stereocenters. The second kappa shape index (κ2) is 8.76. The highest BCUT2D eigenvalue weighted by molar-refractivity contribution is 6.30. The van der Waals surface area contributed by atoms with Crippen molar-refractivity contribution in [3.63, 3.8) is 0 Å². The van der Waals surface area contributed by atoms with E-state index in [9.17, 15) is 4.79 Å². The van der Waals surface area contributed by atoms with Crippen LogP contribution in [0.4, 0.5) is 0 Å². The average molecular weight is 345 g/mol. The van der Waals surface area contributed by atoms with E-state index in [4.69, 9.17) is 11.6 Å². The Hall–Kier alpha value is -0.770. The lowest BCUT2D eigenvalue weighted by Gasteiger charge is -2.36. The van der Waals surface area contributed by atoms with Gasteiger partial charge in [0.2, 0.25) is 5.91 Å². The van der Waals surface area contributed by atoms with E-state index < -0.39 is 0 Å². The molecule has 124 valence electrons. The van der Waals surface area contributed by atoms with Gasteiger partial charge in [-0.3, -0.25) is 4.79 Å². The second-order valence-electron chi connectivity index (χ2n) is 5.81. The van der Waals surface area contributed by atoms with Crippen molar-refractivity contribution in [2.45, 2.75) is 45.1 Å². The predicted octanol–water partition coefficient (Wildman–Crippen LogP) is 3.89. The zero-order valence-corrected chi connectivity index (χ0v) is 14.9. The van der Waals surface area contributed by atoms with E-state index in [1.807, 2.05) is 24.3 Å². The van der Waals surface area contributed by atoms with Crippen LogP contribution < -0.4 is 10.6 Å². The summed E-state index contributed by atoms with van der Waals surface area (Å²) in [6.07, 6.45) is 3.61. The Labute approximate surface area is 144 Å². The minimum absolute atomic E-state index is 0. The summed E-state index contributed by atoms with van der Waals surface area (Å²) in [4.78, 5) is 12.6. The van der Waals surface area contributed by atoms with Gasteiger partial charge in [-0.1, -0.05) is 37.6 Å². The summed E-state index contributed by atoms with van der Waals surface area (Å²) in [5, 5.41) is 7.36. The van der Waals surface area contributed by atoms with Crippen molar-refractivity contribution in [3.8, 4) is 0 Å². The van der Waals surface area contributed by atoms with E-state index >= 15 is 0 Å². The number of hydrogen-bond donors (Lipinski definition) is 2. The molecule has 0 saturated carbocycles. The Morgan fingerprint density at radius 3 is 2.27 bits per heavy atom. The molecule has 22 heavy (non-hydrogen) atoms. The fraction of sp³-hybridized carbons (Fsp3) is 0.588. The lowest BCUT2D eigenvalue weighted by atomic mass is 9.83. The van der Waals surface area contributed by atoms with Crippen molar-refractivity contribution in [1.82, 2.24) is 10.6 Å². The number of amides is 1. The number of rotatable bonds is 5. The molecule has 0 aliphatic carbocycles. The maximum Gasteiger partial charge on any atom is 0.223 e. The predicted molar refractivity (Wildman–Crippen MR) is 94.7 cm³/mol. The number of hydrogen-bond acceptors (Lipinski definition) is 2. The van der Waals surface area contributed by atoms with Crippen LogP contribution in [-0.2, 0) is 10.3 Å². The molecule has 1 fully saturated rings. The lowest BCUT2D eigenvalue weighted by molar-refractivity contribution is -0.128. The minimum atomic E-state index is -0.285. The summed E-state index contributed by atoms with van der Waals surface area (Å²) in [6, 6.07) is 7.84. The second-order valence-corrected chi connectivity index (χ2v) is 6.25. The Bertz CT molecular complexity index is 466. The third kappa shape index (κ3) is 4.37. The molecule has 1 aliphatic rings. The number of nitrogens with one attached hydrogen (secondary N) is 2. The van der Waals surface area contributed by atoms with E-state index in [-0.39, 0.29) is 29.8 Å². The molecule has 1 aromatic carbocycles. The van der Waals surface area contributed by atoms with Crippen molar-refractivity contribution >= 4 is 29.9 Å². The van der Waals surface area contributed by atoms with Gasteiger partial charge in [-0.2, -0.15) is 0 Å². The molecule has 1 saturated heterocycles. The third-order valence-electron chi connectivity index (χ3n) is 4.68. The Morgan fingerprint density at radius 1 is 1.23 bits per heavy atom. The minimum Gasteiger partial charge on any atom is -0.346 e. The highest BCUT2D eigenvalue weighted by atomic mass is 35.5. The van der Waals surface area contributed by atoms with Crippen LogP contribution >= 0.6 is 24.0 Å². The zero-order chi connectivity index (χ0) is 15.3. The van der Waals surface area contributed by atoms with Gasteiger partial charge < -0.3 is 10.6 Å². The van der Waals surface area contributed by atoms with Gasteiger partial charge in [0.15, 0.2) is 0 Å². The van der Waals surface area contributed by atoms with Crippen LogP contribution in [0.3, 0.4) is 0 Å². The maximum atomic E-state index is 12.6. The van der Waals surface area contributed by atoms with Gasteiger partial charge in [-0.15, -0.1) is 12.4 Å². The van der Waals surface area contributed by atoms with E-state index in [2.05, 4.69) is 24.5 Å². The molecular formula is C17H26Cl2N2O. The van der Waals surface area contributed by atoms with E-state index in [1.54, 1.807) is 0 Å². The molecule has 1 aromatic rings. The summed E-state index contributed by atoms with van der Waals surface area (Å²) >= 11 is 5.98. The van der Waals surface area contributed by atoms with Gasteiger partial charge in [-0.25, -0.2) is 0 Å². The summed E-state index contributed by atoms with van der Waals surface area (Å²) in [5.74, 6) is 0.325. The first kappa shape index (κ1) is 19.3. The lowest BCUT2D eigenvalue weighted by Crippen LogP contribution is -2.49. The van der Waals surface area contributed by atoms with Crippen LogP contribution in [0.15, 0.2) is 24.3 Å². The van der Waals surface area contributed by atoms with Crippen molar-refractivity contribution in [2.75, 3.05) is 13.1 Å². The normalized spacial score (nSPS) is 16.0. The molecule has 3 nitrogen and oxygen atoms in total. The van der Waals surface area contributed by atoms with Crippen LogP contribution in [-0.4, -0.2) is 19.0 Å². The SMILES string of the molecule is CCC(CC)(NC(=O)C1CCNCC1)c1ccc(Cl)cc1.Cl. The topological polar surface area (TPSA) is 41.1 Å². The van der Waals surface area contributed by atoms with E-state index in [0.717, 1.165) is 49.4 Å². The molecule has 0 spiro atoms. The first-order chi connectivity index (χ1) is 10.1. The summed E-state index contributed by atoms with van der Waals surface area (Å²) in [6.45, 7) is 6.12. The van der Waals surface area contributed by atoms with Gasteiger partial charge in [-0.05, 0) is 56.5 Å². The first-order valence-electron chi connectivity index (χ1n) is 7.90. The number of carbonyl (C=O) groups excluding carboxylic acids is 1. The zero-order valence-electron chi connectivity index (χ0n) is 13.3. The van der Waals surface area contributed by atoms with Crippen LogP contribution in [0.5, 0.6) is 0 Å². The molecule has 0 atom stereocenters. The molecule has 5 heteroatoms. The van der Waals surface area contributed by atoms with E-state index in [0.29, 0.717) is 0 Å². The van der Waals surface area contributed by atoms with Crippen LogP contribution in [0.25, 0.3) is 0 Å². The molecule has 2 rings (SSSR count). The summed E-state index contributed by atoms with van der Waals surface area (Å²) in [5.41, 5.74) is 0.853. The van der Waals surface area contributed by atoms with Gasteiger partial charge in [0.1, 0.15) is 0 Å². The highest BCUT2D eigenvalue weighted by Gasteiger charge is 2.33. The average Bonchev–Trinajstić information content (AvgIpc) is 2.54. The van der Waals surface area contributed by atoms with Gasteiger partial charge in [0.25, 0.3) is 0 Å². The Kier molecular flexibility index (Phi) is 7.67. The molecule has 1 aliphatic heterocycles. The summed E-state index contributed by atoms with van der Waals surface area (Å²) in [7, 11) is 0. The molecule has 1 heterocycles. The molecule has 1 amide bonds. The van der Waals surface area contributed by atoms with Crippen LogP contribution in [0.1, 0.15) is 45.1 Å². The molecule has 2 N–H and O–H groups in total. The monoisotopic (exact) mass is 344 g/mol. The fourth-order valence-electron chi connectivity index (χ4n) is 3.10. The number of carbonyl (C=O) groups is 1. The van der Waals surface area contributed by atoms with Gasteiger partial charge in [0.05, 0.1) is 5.54 Å². The first-order valence-corrected chi connectivity index (χ1v) is 8.28.